The number of carbonyl (C=O) groups excluding carboxylic acids is 1. The second kappa shape index (κ2) is 9.14. The monoisotopic (exact) mass is 395 g/mol. The number of nitrogens with zero attached hydrogens (tertiary/aromatic N) is 1. The van der Waals surface area contributed by atoms with Crippen molar-refractivity contribution in [2.24, 2.45) is 5.14 Å². The van der Waals surface area contributed by atoms with Crippen LogP contribution in [0.1, 0.15) is 11.1 Å². The van der Waals surface area contributed by atoms with Crippen molar-refractivity contribution in [2.75, 3.05) is 20.1 Å². The van der Waals surface area contributed by atoms with Gasteiger partial charge in [-0.05, 0) is 48.9 Å². The maximum Gasteiger partial charge on any atom is 0.238 e. The van der Waals surface area contributed by atoms with Crippen LogP contribution in [-0.2, 0) is 27.8 Å². The number of halogens is 1. The lowest BCUT2D eigenvalue weighted by atomic mass is 10.1. The molecule has 26 heavy (non-hydrogen) atoms. The van der Waals surface area contributed by atoms with Gasteiger partial charge in [-0.3, -0.25) is 9.69 Å². The van der Waals surface area contributed by atoms with Crippen LogP contribution in [0.25, 0.3) is 0 Å². The Labute approximate surface area is 159 Å². The Morgan fingerprint density at radius 2 is 1.65 bits per heavy atom. The van der Waals surface area contributed by atoms with Gasteiger partial charge in [-0.15, -0.1) is 0 Å². The van der Waals surface area contributed by atoms with Gasteiger partial charge in [-0.25, -0.2) is 13.6 Å². The molecule has 0 radical (unpaired) electrons. The van der Waals surface area contributed by atoms with Crippen molar-refractivity contribution in [3.63, 3.8) is 0 Å². The van der Waals surface area contributed by atoms with Crippen molar-refractivity contribution in [3.05, 3.63) is 64.7 Å². The maximum absolute atomic E-state index is 12.0. The molecule has 0 bridgehead atoms. The average molecular weight is 396 g/mol. The highest BCUT2D eigenvalue weighted by atomic mass is 35.5. The van der Waals surface area contributed by atoms with E-state index in [1.54, 1.807) is 12.1 Å². The summed E-state index contributed by atoms with van der Waals surface area (Å²) in [5.41, 5.74) is 2.01. The van der Waals surface area contributed by atoms with Gasteiger partial charge in [-0.1, -0.05) is 35.9 Å². The Balaban J connectivity index is 1.73. The Morgan fingerprint density at radius 1 is 1.08 bits per heavy atom. The molecule has 3 N–H and O–H groups in total. The van der Waals surface area contributed by atoms with Gasteiger partial charge in [0.25, 0.3) is 0 Å². The molecule has 0 aliphatic rings. The molecule has 0 heterocycles. The summed E-state index contributed by atoms with van der Waals surface area (Å²) in [6.45, 7) is 1.41. The van der Waals surface area contributed by atoms with Gasteiger partial charge < -0.3 is 5.32 Å². The number of likely N-dealkylation sites (N-methyl/N-ethyl adjacent to an activating group) is 1. The number of hydrogen-bond donors (Lipinski definition) is 2. The summed E-state index contributed by atoms with van der Waals surface area (Å²) in [6.07, 6.45) is 0.609. The molecule has 0 saturated heterocycles. The Kier molecular flexibility index (Phi) is 7.16. The van der Waals surface area contributed by atoms with Crippen LogP contribution in [0.4, 0.5) is 0 Å². The van der Waals surface area contributed by atoms with Crippen molar-refractivity contribution >= 4 is 27.5 Å². The van der Waals surface area contributed by atoms with E-state index in [9.17, 15) is 13.2 Å². The van der Waals surface area contributed by atoms with Crippen LogP contribution >= 0.6 is 11.6 Å². The first kappa shape index (κ1) is 20.4. The van der Waals surface area contributed by atoms with E-state index in [1.807, 2.05) is 36.2 Å². The third-order valence-electron chi connectivity index (χ3n) is 3.77. The van der Waals surface area contributed by atoms with E-state index in [4.69, 9.17) is 16.7 Å². The largest absolute Gasteiger partial charge is 0.355 e. The molecule has 0 unspecified atom stereocenters. The summed E-state index contributed by atoms with van der Waals surface area (Å²) >= 11 is 5.86. The van der Waals surface area contributed by atoms with Crippen LogP contribution in [0.15, 0.2) is 53.4 Å². The van der Waals surface area contributed by atoms with E-state index in [2.05, 4.69) is 5.32 Å². The Bertz CT molecular complexity index is 837. The second-order valence-corrected chi connectivity index (χ2v) is 8.09. The standard InChI is InChI=1S/C18H22ClN3O3S/c1-22(12-15-2-6-16(19)7-3-15)13-18(23)21-11-10-14-4-8-17(9-5-14)26(20,24)25/h2-9H,10-13H2,1H3,(H,21,23)(H2,20,24,25). The van der Waals surface area contributed by atoms with E-state index in [0.29, 0.717) is 24.5 Å². The number of nitrogens with one attached hydrogen (secondary N) is 1. The normalized spacial score (nSPS) is 11.5. The minimum Gasteiger partial charge on any atom is -0.355 e. The number of amides is 1. The van der Waals surface area contributed by atoms with Gasteiger partial charge in [0, 0.05) is 18.1 Å². The zero-order valence-corrected chi connectivity index (χ0v) is 16.1. The quantitative estimate of drug-likeness (QED) is 0.712. The zero-order chi connectivity index (χ0) is 19.2. The van der Waals surface area contributed by atoms with Gasteiger partial charge >= 0.3 is 0 Å². The summed E-state index contributed by atoms with van der Waals surface area (Å²) in [5.74, 6) is -0.0670. The van der Waals surface area contributed by atoms with Crippen molar-refractivity contribution < 1.29 is 13.2 Å². The minimum absolute atomic E-state index is 0.0670. The first-order chi connectivity index (χ1) is 12.2. The molecular weight excluding hydrogens is 374 g/mol. The summed E-state index contributed by atoms with van der Waals surface area (Å²) in [7, 11) is -1.80. The molecule has 8 heteroatoms. The first-order valence-electron chi connectivity index (χ1n) is 8.05. The lowest BCUT2D eigenvalue weighted by Crippen LogP contribution is -2.35. The second-order valence-electron chi connectivity index (χ2n) is 6.09. The van der Waals surface area contributed by atoms with E-state index in [1.165, 1.54) is 12.1 Å². The molecule has 0 atom stereocenters. The maximum atomic E-state index is 12.0. The first-order valence-corrected chi connectivity index (χ1v) is 9.98. The molecule has 0 aliphatic carbocycles. The fourth-order valence-corrected chi connectivity index (χ4v) is 3.09. The summed E-state index contributed by atoms with van der Waals surface area (Å²) in [5, 5.41) is 8.60. The van der Waals surface area contributed by atoms with E-state index in [-0.39, 0.29) is 17.3 Å². The van der Waals surface area contributed by atoms with E-state index < -0.39 is 10.0 Å². The predicted molar refractivity (Wildman–Crippen MR) is 102 cm³/mol. The fourth-order valence-electron chi connectivity index (χ4n) is 2.45. The lowest BCUT2D eigenvalue weighted by Gasteiger charge is -2.16. The SMILES string of the molecule is CN(CC(=O)NCCc1ccc(S(N)(=O)=O)cc1)Cc1ccc(Cl)cc1. The molecule has 2 aromatic rings. The van der Waals surface area contributed by atoms with Crippen LogP contribution in [0, 0.1) is 0 Å². The predicted octanol–water partition coefficient (Wildman–Crippen LogP) is 1.78. The molecular formula is C18H22ClN3O3S. The number of hydrogen-bond acceptors (Lipinski definition) is 4. The molecule has 0 aliphatic heterocycles. The molecule has 1 amide bonds. The molecule has 140 valence electrons. The minimum atomic E-state index is -3.68. The summed E-state index contributed by atoms with van der Waals surface area (Å²) < 4.78 is 22.4. The third-order valence-corrected chi connectivity index (χ3v) is 4.95. The average Bonchev–Trinajstić information content (AvgIpc) is 2.56. The van der Waals surface area contributed by atoms with Crippen molar-refractivity contribution in [3.8, 4) is 0 Å². The molecule has 2 rings (SSSR count). The van der Waals surface area contributed by atoms with Gasteiger partial charge in [0.1, 0.15) is 0 Å². The van der Waals surface area contributed by atoms with Gasteiger partial charge in [-0.2, -0.15) is 0 Å². The van der Waals surface area contributed by atoms with Gasteiger partial charge in [0.2, 0.25) is 15.9 Å². The fraction of sp³-hybridized carbons (Fsp3) is 0.278. The van der Waals surface area contributed by atoms with E-state index >= 15 is 0 Å². The molecule has 6 nitrogen and oxygen atoms in total. The number of carbonyl (C=O) groups is 1. The van der Waals surface area contributed by atoms with E-state index in [0.717, 1.165) is 11.1 Å². The molecule has 0 fully saturated rings. The highest BCUT2D eigenvalue weighted by molar-refractivity contribution is 7.89. The molecule has 0 saturated carbocycles. The highest BCUT2D eigenvalue weighted by Gasteiger charge is 2.08. The molecule has 0 aromatic heterocycles. The molecule has 0 spiro atoms. The van der Waals surface area contributed by atoms with Crippen LogP contribution in [-0.4, -0.2) is 39.4 Å². The summed E-state index contributed by atoms with van der Waals surface area (Å²) in [6, 6.07) is 13.8. The van der Waals surface area contributed by atoms with Crippen LogP contribution in [0.2, 0.25) is 5.02 Å². The number of sulfonamides is 1. The Hall–Kier alpha value is -1.93. The Morgan fingerprint density at radius 3 is 2.23 bits per heavy atom. The summed E-state index contributed by atoms with van der Waals surface area (Å²) in [4.78, 5) is 14.0. The van der Waals surface area contributed by atoms with Gasteiger partial charge in [0.05, 0.1) is 11.4 Å². The van der Waals surface area contributed by atoms with Crippen molar-refractivity contribution in [1.82, 2.24) is 10.2 Å². The number of benzene rings is 2. The number of primary sulfonamides is 1. The van der Waals surface area contributed by atoms with Crippen LogP contribution < -0.4 is 10.5 Å². The number of nitrogens with two attached hydrogens (primary N) is 1. The highest BCUT2D eigenvalue weighted by Crippen LogP contribution is 2.11. The van der Waals surface area contributed by atoms with Crippen molar-refractivity contribution in [1.29, 1.82) is 0 Å². The zero-order valence-electron chi connectivity index (χ0n) is 14.5. The lowest BCUT2D eigenvalue weighted by molar-refractivity contribution is -0.122. The van der Waals surface area contributed by atoms with Crippen LogP contribution in [0.5, 0.6) is 0 Å². The van der Waals surface area contributed by atoms with Gasteiger partial charge in [0.15, 0.2) is 0 Å². The third kappa shape index (κ3) is 6.76. The molecule has 2 aromatic carbocycles. The smallest absolute Gasteiger partial charge is 0.238 e. The number of rotatable bonds is 8. The van der Waals surface area contributed by atoms with Crippen LogP contribution in [0.3, 0.4) is 0 Å². The van der Waals surface area contributed by atoms with Crippen molar-refractivity contribution in [2.45, 2.75) is 17.9 Å². The topological polar surface area (TPSA) is 92.5 Å².